The van der Waals surface area contributed by atoms with Crippen LogP contribution in [0.5, 0.6) is 0 Å². The predicted octanol–water partition coefficient (Wildman–Crippen LogP) is 17.2. The van der Waals surface area contributed by atoms with Gasteiger partial charge in [0.25, 0.3) is 0 Å². The zero-order chi connectivity index (χ0) is 42.4. The van der Waals surface area contributed by atoms with Crippen LogP contribution < -0.4 is 9.80 Å². The lowest BCUT2D eigenvalue weighted by Gasteiger charge is -2.26. The topological polar surface area (TPSA) is 32.8 Å². The minimum absolute atomic E-state index is 0.905. The smallest absolute Gasteiger partial charge is 0.143 e. The van der Waals surface area contributed by atoms with Gasteiger partial charge in [-0.25, -0.2) is 0 Å². The zero-order valence-electron chi connectivity index (χ0n) is 35.1. The van der Waals surface area contributed by atoms with E-state index < -0.39 is 0 Å². The number of furan rings is 2. The number of anilines is 6. The minimum atomic E-state index is 0.905. The van der Waals surface area contributed by atoms with Gasteiger partial charge in [-0.2, -0.15) is 0 Å². The van der Waals surface area contributed by atoms with Crippen molar-refractivity contribution in [2.24, 2.45) is 0 Å². The quantitative estimate of drug-likeness (QED) is 0.145. The third-order valence-electron chi connectivity index (χ3n) is 12.5. The number of hydrogen-bond donors (Lipinski definition) is 0. The van der Waals surface area contributed by atoms with Crippen LogP contribution in [0.3, 0.4) is 0 Å². The van der Waals surface area contributed by atoms with Crippen LogP contribution in [-0.4, -0.2) is 0 Å². The first-order valence-corrected chi connectivity index (χ1v) is 22.0. The van der Waals surface area contributed by atoms with Gasteiger partial charge in [-0.1, -0.05) is 152 Å². The Kier molecular flexibility index (Phi) is 9.27. The molecule has 0 bridgehead atoms. The molecule has 11 aromatic rings. The monoisotopic (exact) mass is 822 g/mol. The van der Waals surface area contributed by atoms with Gasteiger partial charge >= 0.3 is 0 Å². The molecule has 4 nitrogen and oxygen atoms in total. The number of para-hydroxylation sites is 5. The number of aryl methyl sites for hydroxylation is 1. The Morgan fingerprint density at radius 1 is 0.328 bits per heavy atom. The molecule has 0 fully saturated rings. The van der Waals surface area contributed by atoms with Crippen LogP contribution in [-0.2, 0) is 6.42 Å². The molecule has 64 heavy (non-hydrogen) atoms. The van der Waals surface area contributed by atoms with Gasteiger partial charge in [-0.3, -0.25) is 0 Å². The lowest BCUT2D eigenvalue weighted by atomic mass is 9.99. The molecule has 0 atom stereocenters. The maximum Gasteiger partial charge on any atom is 0.143 e. The van der Waals surface area contributed by atoms with E-state index in [1.165, 1.54) is 10.9 Å². The summed E-state index contributed by atoms with van der Waals surface area (Å²) in [4.78, 5) is 4.62. The van der Waals surface area contributed by atoms with Gasteiger partial charge in [0.15, 0.2) is 0 Å². The molecule has 0 saturated carbocycles. The summed E-state index contributed by atoms with van der Waals surface area (Å²) < 4.78 is 12.9. The Labute approximate surface area is 372 Å². The highest BCUT2D eigenvalue weighted by Crippen LogP contribution is 2.42. The first kappa shape index (κ1) is 37.4. The Hall–Kier alpha value is -8.34. The summed E-state index contributed by atoms with van der Waals surface area (Å²) in [5, 5.41) is 3.45. The van der Waals surface area contributed by atoms with Gasteiger partial charge in [0.1, 0.15) is 22.5 Å². The number of nitrogens with zero attached hydrogens (tertiary/aromatic N) is 2. The number of hydrogen-bond acceptors (Lipinski definition) is 4. The molecule has 0 aliphatic heterocycles. The van der Waals surface area contributed by atoms with E-state index >= 15 is 0 Å². The first-order chi connectivity index (χ1) is 31.7. The summed E-state index contributed by atoms with van der Waals surface area (Å²) in [6.07, 6.45) is 6.42. The van der Waals surface area contributed by atoms with Crippen molar-refractivity contribution in [2.45, 2.75) is 12.8 Å². The summed E-state index contributed by atoms with van der Waals surface area (Å²) in [6, 6.07) is 77.6. The van der Waals surface area contributed by atoms with E-state index in [2.05, 4.69) is 228 Å². The van der Waals surface area contributed by atoms with Gasteiger partial charge in [0.2, 0.25) is 0 Å². The Bertz CT molecular complexity index is 3460. The second kappa shape index (κ2) is 15.8. The Morgan fingerprint density at radius 2 is 0.750 bits per heavy atom. The molecule has 0 spiro atoms. The van der Waals surface area contributed by atoms with Gasteiger partial charge in [-0.15, -0.1) is 0 Å². The molecule has 0 unspecified atom stereocenters. The summed E-state index contributed by atoms with van der Waals surface area (Å²) >= 11 is 0. The zero-order valence-corrected chi connectivity index (χ0v) is 35.1. The molecule has 2 heterocycles. The molecule has 1 aliphatic rings. The van der Waals surface area contributed by atoms with Crippen molar-refractivity contribution in [2.75, 3.05) is 9.80 Å². The minimum Gasteiger partial charge on any atom is -0.460 e. The third kappa shape index (κ3) is 6.64. The second-order valence-electron chi connectivity index (χ2n) is 16.4. The highest BCUT2D eigenvalue weighted by Gasteiger charge is 2.20. The van der Waals surface area contributed by atoms with Crippen LogP contribution in [0, 0.1) is 0 Å². The summed E-state index contributed by atoms with van der Waals surface area (Å²) in [6.45, 7) is 0. The van der Waals surface area contributed by atoms with E-state index in [0.29, 0.717) is 0 Å². The molecule has 0 amide bonds. The lowest BCUT2D eigenvalue weighted by Crippen LogP contribution is -2.10. The van der Waals surface area contributed by atoms with E-state index in [1.807, 2.05) is 12.1 Å². The van der Waals surface area contributed by atoms with Crippen molar-refractivity contribution in [1.29, 1.82) is 0 Å². The largest absolute Gasteiger partial charge is 0.460 e. The summed E-state index contributed by atoms with van der Waals surface area (Å²) in [5.74, 6) is 1.08. The average Bonchev–Trinajstić information content (AvgIpc) is 3.95. The molecule has 4 heteroatoms. The number of allylic oxidation sites excluding steroid dienone is 1. The highest BCUT2D eigenvalue weighted by molar-refractivity contribution is 6.09. The van der Waals surface area contributed by atoms with E-state index in [4.69, 9.17) is 8.83 Å². The normalized spacial score (nSPS) is 12.2. The van der Waals surface area contributed by atoms with E-state index in [-0.39, 0.29) is 0 Å². The molecule has 304 valence electrons. The van der Waals surface area contributed by atoms with Gasteiger partial charge < -0.3 is 18.6 Å². The molecule has 0 saturated heterocycles. The first-order valence-electron chi connectivity index (χ1n) is 22.0. The third-order valence-corrected chi connectivity index (χ3v) is 12.5. The van der Waals surface area contributed by atoms with Crippen LogP contribution in [0.4, 0.5) is 34.1 Å². The van der Waals surface area contributed by atoms with Gasteiger partial charge in [0, 0.05) is 73.4 Å². The van der Waals surface area contributed by atoms with Crippen molar-refractivity contribution in [3.63, 3.8) is 0 Å². The van der Waals surface area contributed by atoms with Crippen molar-refractivity contribution < 1.29 is 8.83 Å². The SMILES string of the molecule is C1=Cc2c(oc3c(-c4ccc(N(c5ccccc5)c5ccc(-c6ccc(N(c7ccccc7)c7ccc(-c8cccc9c8oc8ccccc89)cc7)cc6)cc5)cc4)cccc23)CC1. The maximum absolute atomic E-state index is 6.47. The fourth-order valence-corrected chi connectivity index (χ4v) is 9.41. The van der Waals surface area contributed by atoms with Gasteiger partial charge in [0.05, 0.1) is 0 Å². The van der Waals surface area contributed by atoms with E-state index in [0.717, 1.165) is 114 Å². The molecular formula is C60H42N2O2. The van der Waals surface area contributed by atoms with Crippen molar-refractivity contribution in [3.8, 4) is 33.4 Å². The van der Waals surface area contributed by atoms with Crippen LogP contribution in [0.1, 0.15) is 17.7 Å². The van der Waals surface area contributed by atoms with E-state index in [1.54, 1.807) is 0 Å². The van der Waals surface area contributed by atoms with Crippen molar-refractivity contribution in [3.05, 3.63) is 236 Å². The van der Waals surface area contributed by atoms with Crippen LogP contribution in [0.2, 0.25) is 0 Å². The Morgan fingerprint density at radius 3 is 1.28 bits per heavy atom. The van der Waals surface area contributed by atoms with Crippen LogP contribution in [0.15, 0.2) is 233 Å². The van der Waals surface area contributed by atoms with Crippen LogP contribution >= 0.6 is 0 Å². The van der Waals surface area contributed by atoms with E-state index in [9.17, 15) is 0 Å². The van der Waals surface area contributed by atoms with Gasteiger partial charge in [-0.05, 0) is 108 Å². The fourth-order valence-electron chi connectivity index (χ4n) is 9.41. The molecule has 1 aliphatic carbocycles. The molecule has 0 radical (unpaired) electrons. The standard InChI is InChI=1S/C60H42N2O2/c1-3-13-45(14-4-1)61(49-37-29-43(30-38-49)51-19-11-21-55-53-17-7-9-23-57(53)63-59(51)55)47-33-25-41(26-34-47)42-27-35-48(36-28-42)62(46-15-5-2-6-16-46)50-39-31-44(32-40-50)52-20-12-22-56-54-18-8-10-24-58(54)64-60(52)56/h1-9,11-23,25-40H,10,24H2. The average molecular weight is 823 g/mol. The summed E-state index contributed by atoms with van der Waals surface area (Å²) in [5.41, 5.74) is 17.3. The molecule has 12 rings (SSSR count). The number of fused-ring (bicyclic) bond motifs is 6. The Balaban J connectivity index is 0.831. The van der Waals surface area contributed by atoms with Crippen LogP contribution in [0.25, 0.3) is 72.4 Å². The van der Waals surface area contributed by atoms with Crippen molar-refractivity contribution >= 4 is 73.1 Å². The summed E-state index contributed by atoms with van der Waals surface area (Å²) in [7, 11) is 0. The fraction of sp³-hybridized carbons (Fsp3) is 0.0333. The number of rotatable bonds is 9. The lowest BCUT2D eigenvalue weighted by molar-refractivity contribution is 0.547. The molecule has 0 N–H and O–H groups in total. The highest BCUT2D eigenvalue weighted by atomic mass is 16.3. The maximum atomic E-state index is 6.47. The second-order valence-corrected chi connectivity index (χ2v) is 16.4. The van der Waals surface area contributed by atoms with Crippen molar-refractivity contribution in [1.82, 2.24) is 0 Å². The predicted molar refractivity (Wildman–Crippen MR) is 267 cm³/mol. The molecule has 9 aromatic carbocycles. The molecule has 2 aromatic heterocycles. The number of benzene rings is 9. The molecular weight excluding hydrogens is 781 g/mol.